The van der Waals surface area contributed by atoms with Gasteiger partial charge >= 0.3 is 0 Å². The van der Waals surface area contributed by atoms with Crippen molar-refractivity contribution >= 4 is 16.0 Å². The monoisotopic (exact) mass is 381 g/mol. The third-order valence-electron chi connectivity index (χ3n) is 4.36. The number of carbonyl (C=O) groups is 1. The summed E-state index contributed by atoms with van der Waals surface area (Å²) in [5, 5.41) is 0. The SMILES string of the molecule is C=CC[C@@H]1C[C@@H](COS(C)(=O)=O)N(CCCCOc2ccccc2)C1=O. The Morgan fingerprint density at radius 2 is 2.00 bits per heavy atom. The van der Waals surface area contributed by atoms with Crippen molar-refractivity contribution in [3.05, 3.63) is 43.0 Å². The van der Waals surface area contributed by atoms with Crippen molar-refractivity contribution in [2.24, 2.45) is 5.92 Å². The van der Waals surface area contributed by atoms with E-state index in [4.69, 9.17) is 8.92 Å². The number of benzene rings is 1. The smallest absolute Gasteiger partial charge is 0.264 e. The van der Waals surface area contributed by atoms with Crippen LogP contribution < -0.4 is 4.74 Å². The number of unbranched alkanes of at least 4 members (excludes halogenated alkanes) is 1. The van der Waals surface area contributed by atoms with E-state index in [2.05, 4.69) is 6.58 Å². The zero-order valence-electron chi connectivity index (χ0n) is 15.2. The van der Waals surface area contributed by atoms with Crippen LogP contribution in [0.15, 0.2) is 43.0 Å². The lowest BCUT2D eigenvalue weighted by Gasteiger charge is -2.24. The Balaban J connectivity index is 1.82. The minimum atomic E-state index is -3.52. The molecule has 1 heterocycles. The topological polar surface area (TPSA) is 72.9 Å². The summed E-state index contributed by atoms with van der Waals surface area (Å²) < 4.78 is 33.1. The summed E-state index contributed by atoms with van der Waals surface area (Å²) in [7, 11) is -3.52. The van der Waals surface area contributed by atoms with E-state index in [9.17, 15) is 13.2 Å². The van der Waals surface area contributed by atoms with Gasteiger partial charge < -0.3 is 9.64 Å². The summed E-state index contributed by atoms with van der Waals surface area (Å²) in [6.45, 7) is 4.86. The Morgan fingerprint density at radius 1 is 1.27 bits per heavy atom. The number of hydrogen-bond acceptors (Lipinski definition) is 5. The Morgan fingerprint density at radius 3 is 2.65 bits per heavy atom. The first-order valence-electron chi connectivity index (χ1n) is 8.84. The molecule has 1 aliphatic rings. The molecular weight excluding hydrogens is 354 g/mol. The molecule has 0 aromatic heterocycles. The maximum Gasteiger partial charge on any atom is 0.264 e. The third kappa shape index (κ3) is 6.46. The van der Waals surface area contributed by atoms with Crippen LogP contribution in [0.4, 0.5) is 0 Å². The van der Waals surface area contributed by atoms with Gasteiger partial charge in [-0.15, -0.1) is 6.58 Å². The summed E-state index contributed by atoms with van der Waals surface area (Å²) in [6, 6.07) is 9.38. The van der Waals surface area contributed by atoms with Gasteiger partial charge in [-0.3, -0.25) is 8.98 Å². The standard InChI is InChI=1S/C19H27NO5S/c1-3-9-16-14-17(15-25-26(2,22)23)20(19(16)21)12-7-8-13-24-18-10-5-4-6-11-18/h3-6,10-11,16-17H,1,7-9,12-15H2,2H3/t16-,17+/m1/s1. The minimum Gasteiger partial charge on any atom is -0.494 e. The van der Waals surface area contributed by atoms with E-state index in [0.29, 0.717) is 26.0 Å². The summed E-state index contributed by atoms with van der Waals surface area (Å²) >= 11 is 0. The average Bonchev–Trinajstić information content (AvgIpc) is 2.89. The largest absolute Gasteiger partial charge is 0.494 e. The predicted octanol–water partition coefficient (Wildman–Crippen LogP) is 2.62. The molecule has 144 valence electrons. The Labute approximate surface area is 155 Å². The predicted molar refractivity (Wildman–Crippen MR) is 100 cm³/mol. The van der Waals surface area contributed by atoms with Crippen LogP contribution >= 0.6 is 0 Å². The van der Waals surface area contributed by atoms with Gasteiger partial charge in [-0.1, -0.05) is 24.3 Å². The average molecular weight is 381 g/mol. The number of nitrogens with zero attached hydrogens (tertiary/aromatic N) is 1. The molecule has 1 aliphatic heterocycles. The van der Waals surface area contributed by atoms with Crippen molar-refractivity contribution in [2.75, 3.05) is 26.0 Å². The fourth-order valence-electron chi connectivity index (χ4n) is 3.11. The van der Waals surface area contributed by atoms with Gasteiger partial charge in [0.25, 0.3) is 10.1 Å². The van der Waals surface area contributed by atoms with E-state index in [1.165, 1.54) is 0 Å². The van der Waals surface area contributed by atoms with Crippen LogP contribution in [0.3, 0.4) is 0 Å². The lowest BCUT2D eigenvalue weighted by atomic mass is 10.0. The second kappa shape index (κ2) is 9.73. The van der Waals surface area contributed by atoms with E-state index in [-0.39, 0.29) is 24.5 Å². The molecule has 1 aromatic rings. The van der Waals surface area contributed by atoms with Crippen LogP contribution in [0.5, 0.6) is 5.75 Å². The molecule has 0 saturated carbocycles. The second-order valence-electron chi connectivity index (χ2n) is 6.50. The maximum atomic E-state index is 12.6. The zero-order valence-corrected chi connectivity index (χ0v) is 16.0. The van der Waals surface area contributed by atoms with E-state index < -0.39 is 10.1 Å². The number of allylic oxidation sites excluding steroid dienone is 1. The summed E-state index contributed by atoms with van der Waals surface area (Å²) in [5.41, 5.74) is 0. The van der Waals surface area contributed by atoms with Crippen LogP contribution in [0.2, 0.25) is 0 Å². The third-order valence-corrected chi connectivity index (χ3v) is 4.92. The Hall–Kier alpha value is -1.86. The molecule has 0 radical (unpaired) electrons. The van der Waals surface area contributed by atoms with Gasteiger partial charge in [-0.2, -0.15) is 8.42 Å². The fraction of sp³-hybridized carbons (Fsp3) is 0.526. The Bertz CT molecular complexity index is 689. The molecule has 26 heavy (non-hydrogen) atoms. The molecule has 0 N–H and O–H groups in total. The van der Waals surface area contributed by atoms with Crippen molar-refractivity contribution in [1.29, 1.82) is 0 Å². The van der Waals surface area contributed by atoms with E-state index in [1.54, 1.807) is 11.0 Å². The molecule has 0 unspecified atom stereocenters. The van der Waals surface area contributed by atoms with Crippen LogP contribution in [0, 0.1) is 5.92 Å². The molecule has 1 fully saturated rings. The highest BCUT2D eigenvalue weighted by atomic mass is 32.2. The highest BCUT2D eigenvalue weighted by molar-refractivity contribution is 7.85. The molecule has 1 saturated heterocycles. The van der Waals surface area contributed by atoms with Crippen molar-refractivity contribution < 1.29 is 22.1 Å². The highest BCUT2D eigenvalue weighted by Gasteiger charge is 2.38. The molecule has 0 aliphatic carbocycles. The van der Waals surface area contributed by atoms with Gasteiger partial charge in [0, 0.05) is 12.5 Å². The van der Waals surface area contributed by atoms with Crippen molar-refractivity contribution in [3.8, 4) is 5.75 Å². The minimum absolute atomic E-state index is 0.0126. The van der Waals surface area contributed by atoms with Gasteiger partial charge in [0.15, 0.2) is 0 Å². The second-order valence-corrected chi connectivity index (χ2v) is 8.14. The van der Waals surface area contributed by atoms with Gasteiger partial charge in [-0.25, -0.2) is 0 Å². The van der Waals surface area contributed by atoms with E-state index in [0.717, 1.165) is 24.8 Å². The fourth-order valence-corrected chi connectivity index (χ4v) is 3.52. The van der Waals surface area contributed by atoms with Crippen molar-refractivity contribution in [2.45, 2.75) is 31.7 Å². The van der Waals surface area contributed by atoms with Gasteiger partial charge in [0.1, 0.15) is 5.75 Å². The quantitative estimate of drug-likeness (QED) is 0.335. The number of rotatable bonds is 11. The normalized spacial score (nSPS) is 20.3. The molecule has 1 amide bonds. The lowest BCUT2D eigenvalue weighted by Crippen LogP contribution is -2.38. The van der Waals surface area contributed by atoms with E-state index in [1.807, 2.05) is 30.3 Å². The van der Waals surface area contributed by atoms with Gasteiger partial charge in [-0.05, 0) is 37.8 Å². The molecule has 1 aromatic carbocycles. The molecule has 2 rings (SSSR count). The number of ether oxygens (including phenoxy) is 1. The summed E-state index contributed by atoms with van der Waals surface area (Å²) in [5.74, 6) is 0.743. The first-order valence-corrected chi connectivity index (χ1v) is 10.7. The van der Waals surface area contributed by atoms with E-state index >= 15 is 0 Å². The van der Waals surface area contributed by atoms with Crippen LogP contribution in [-0.2, 0) is 19.1 Å². The number of carbonyl (C=O) groups excluding carboxylic acids is 1. The number of amides is 1. The molecule has 0 spiro atoms. The zero-order chi connectivity index (χ0) is 19.0. The molecule has 2 atom stereocenters. The molecule has 6 nitrogen and oxygen atoms in total. The Kier molecular flexibility index (Phi) is 7.66. The van der Waals surface area contributed by atoms with Crippen LogP contribution in [-0.4, -0.2) is 51.3 Å². The molecule has 7 heteroatoms. The van der Waals surface area contributed by atoms with Crippen molar-refractivity contribution in [1.82, 2.24) is 4.90 Å². The van der Waals surface area contributed by atoms with Gasteiger partial charge in [0.05, 0.1) is 25.5 Å². The molecule has 0 bridgehead atoms. The number of para-hydroxylation sites is 1. The maximum absolute atomic E-state index is 12.6. The first-order chi connectivity index (χ1) is 12.4. The number of likely N-dealkylation sites (tertiary alicyclic amines) is 1. The highest BCUT2D eigenvalue weighted by Crippen LogP contribution is 2.28. The summed E-state index contributed by atoms with van der Waals surface area (Å²) in [4.78, 5) is 14.3. The van der Waals surface area contributed by atoms with Crippen molar-refractivity contribution in [3.63, 3.8) is 0 Å². The van der Waals surface area contributed by atoms with Crippen LogP contribution in [0.25, 0.3) is 0 Å². The molecular formula is C19H27NO5S. The lowest BCUT2D eigenvalue weighted by molar-refractivity contribution is -0.132. The van der Waals surface area contributed by atoms with Crippen LogP contribution in [0.1, 0.15) is 25.7 Å². The first kappa shape index (κ1) is 20.5. The summed E-state index contributed by atoms with van der Waals surface area (Å²) in [6.07, 6.45) is 5.55. The number of hydrogen-bond donors (Lipinski definition) is 0. The van der Waals surface area contributed by atoms with Gasteiger partial charge in [0.2, 0.25) is 5.91 Å².